The minimum Gasteiger partial charge on any atom is -0.496 e. The van der Waals surface area contributed by atoms with Crippen molar-refractivity contribution < 1.29 is 36.2 Å². The number of nitrogens with zero attached hydrogens (tertiary/aromatic N) is 1. The smallest absolute Gasteiger partial charge is 0.496 e. The fourth-order valence-corrected chi connectivity index (χ4v) is 5.38. The fourth-order valence-electron chi connectivity index (χ4n) is 5.38. The molecule has 4 rings (SSSR count). The largest absolute Gasteiger partial charge is 0.573 e. The molecule has 0 bridgehead atoms. The summed E-state index contributed by atoms with van der Waals surface area (Å²) in [6, 6.07) is 11.6. The minimum absolute atomic E-state index is 0.0751. The quantitative estimate of drug-likeness (QED) is 0.585. The highest BCUT2D eigenvalue weighted by Crippen LogP contribution is 2.51. The average molecular weight is 498 g/mol. The van der Waals surface area contributed by atoms with Gasteiger partial charge in [-0.15, -0.1) is 13.2 Å². The topological polar surface area (TPSA) is 50.8 Å². The number of nitrogens with one attached hydrogen (secondary N) is 1. The molecule has 0 aliphatic carbocycles. The van der Waals surface area contributed by atoms with Crippen molar-refractivity contribution in [2.45, 2.75) is 37.5 Å². The molecule has 5 nitrogen and oxygen atoms in total. The van der Waals surface area contributed by atoms with Crippen LogP contribution in [0.5, 0.6) is 11.5 Å². The van der Waals surface area contributed by atoms with Crippen LogP contribution in [0.1, 0.15) is 36.3 Å². The fraction of sp³-hybridized carbons (Fsp3) is 0.480. The number of hydrogen-bond acceptors (Lipinski definition) is 4. The highest BCUT2D eigenvalue weighted by Gasteiger charge is 2.51. The van der Waals surface area contributed by atoms with Crippen LogP contribution in [0.2, 0.25) is 0 Å². The summed E-state index contributed by atoms with van der Waals surface area (Å²) in [6.45, 7) is 1.65. The number of halogens is 5. The molecule has 1 spiro atoms. The molecule has 2 aliphatic heterocycles. The van der Waals surface area contributed by atoms with E-state index in [0.717, 1.165) is 53.4 Å². The summed E-state index contributed by atoms with van der Waals surface area (Å²) in [5.41, 5.74) is -0.273. The van der Waals surface area contributed by atoms with Crippen molar-refractivity contribution in [1.82, 2.24) is 10.2 Å². The number of carbonyl (C=O) groups is 1. The summed E-state index contributed by atoms with van der Waals surface area (Å²) < 4.78 is 77.8. The summed E-state index contributed by atoms with van der Waals surface area (Å²) in [4.78, 5) is 13.9. The Morgan fingerprint density at radius 1 is 0.971 bits per heavy atom. The van der Waals surface area contributed by atoms with Gasteiger partial charge in [0.2, 0.25) is 0 Å². The molecule has 2 aromatic carbocycles. The van der Waals surface area contributed by atoms with Crippen LogP contribution in [0.25, 0.3) is 0 Å². The SMILES string of the molecule is COc1ccccc1C1CNCCC12CCN(C(=O)C(F)(F)c1ccccc1OC(F)(F)F)CC2. The van der Waals surface area contributed by atoms with Gasteiger partial charge in [0, 0.05) is 25.6 Å². The van der Waals surface area contributed by atoms with Gasteiger partial charge in [-0.05, 0) is 55.0 Å². The molecular formula is C25H27F5N2O3. The molecule has 0 aromatic heterocycles. The molecular weight excluding hydrogens is 471 g/mol. The van der Waals surface area contributed by atoms with Gasteiger partial charge in [-0.2, -0.15) is 8.78 Å². The van der Waals surface area contributed by atoms with Crippen molar-refractivity contribution in [2.75, 3.05) is 33.3 Å². The molecule has 1 amide bonds. The third kappa shape index (κ3) is 5.07. The van der Waals surface area contributed by atoms with Crippen molar-refractivity contribution in [1.29, 1.82) is 0 Å². The Hall–Kier alpha value is -2.88. The Morgan fingerprint density at radius 3 is 2.26 bits per heavy atom. The molecule has 10 heteroatoms. The summed E-state index contributed by atoms with van der Waals surface area (Å²) in [5.74, 6) is -5.93. The maximum absolute atomic E-state index is 15.2. The zero-order valence-electron chi connectivity index (χ0n) is 19.2. The Balaban J connectivity index is 1.54. The van der Waals surface area contributed by atoms with Crippen molar-refractivity contribution in [3.63, 3.8) is 0 Å². The zero-order chi connectivity index (χ0) is 25.3. The highest BCUT2D eigenvalue weighted by atomic mass is 19.4. The molecule has 2 aromatic rings. The first-order valence-electron chi connectivity index (χ1n) is 11.4. The minimum atomic E-state index is -5.16. The van der Waals surface area contributed by atoms with Crippen LogP contribution in [0, 0.1) is 5.41 Å². The number of alkyl halides is 5. The van der Waals surface area contributed by atoms with E-state index in [2.05, 4.69) is 10.1 Å². The van der Waals surface area contributed by atoms with Crippen LogP contribution in [-0.4, -0.2) is 50.5 Å². The van der Waals surface area contributed by atoms with Gasteiger partial charge < -0.3 is 19.7 Å². The molecule has 0 radical (unpaired) electrons. The molecule has 2 aliphatic rings. The van der Waals surface area contributed by atoms with Crippen molar-refractivity contribution in [3.05, 3.63) is 59.7 Å². The summed E-state index contributed by atoms with van der Waals surface area (Å²) in [5, 5.41) is 3.40. The van der Waals surface area contributed by atoms with Crippen LogP contribution in [0.15, 0.2) is 48.5 Å². The number of rotatable bonds is 5. The monoisotopic (exact) mass is 498 g/mol. The van der Waals surface area contributed by atoms with Crippen molar-refractivity contribution >= 4 is 5.91 Å². The molecule has 1 atom stereocenters. The second-order valence-electron chi connectivity index (χ2n) is 9.02. The maximum atomic E-state index is 15.2. The number of para-hydroxylation sites is 2. The van der Waals surface area contributed by atoms with E-state index in [1.165, 1.54) is 0 Å². The average Bonchev–Trinajstić information content (AvgIpc) is 2.83. The molecule has 2 fully saturated rings. The van der Waals surface area contributed by atoms with E-state index in [1.54, 1.807) is 7.11 Å². The van der Waals surface area contributed by atoms with Gasteiger partial charge >= 0.3 is 12.3 Å². The Bertz CT molecular complexity index is 1050. The zero-order valence-corrected chi connectivity index (χ0v) is 19.2. The molecule has 190 valence electrons. The predicted molar refractivity (Wildman–Crippen MR) is 118 cm³/mol. The lowest BCUT2D eigenvalue weighted by Crippen LogP contribution is -2.53. The Labute approximate surface area is 200 Å². The third-order valence-electron chi connectivity index (χ3n) is 7.17. The van der Waals surface area contributed by atoms with E-state index in [-0.39, 0.29) is 24.4 Å². The normalized spacial score (nSPS) is 20.5. The van der Waals surface area contributed by atoms with E-state index in [1.807, 2.05) is 24.3 Å². The number of methoxy groups -OCH3 is 1. The van der Waals surface area contributed by atoms with Gasteiger partial charge in [0.1, 0.15) is 11.5 Å². The van der Waals surface area contributed by atoms with Crippen LogP contribution < -0.4 is 14.8 Å². The standard InChI is InChI=1S/C25H27F5N2O3/c1-34-20-8-4-2-6-17(20)19-16-31-13-10-23(19)11-14-32(15-12-23)22(33)24(26,27)18-7-3-5-9-21(18)35-25(28,29)30/h2-9,19,31H,10-16H2,1H3. The van der Waals surface area contributed by atoms with Gasteiger partial charge in [-0.1, -0.05) is 30.3 Å². The summed E-state index contributed by atoms with van der Waals surface area (Å²) >= 11 is 0. The third-order valence-corrected chi connectivity index (χ3v) is 7.17. The van der Waals surface area contributed by atoms with Crippen molar-refractivity contribution in [3.8, 4) is 11.5 Å². The molecule has 35 heavy (non-hydrogen) atoms. The van der Waals surface area contributed by atoms with Crippen LogP contribution >= 0.6 is 0 Å². The second kappa shape index (κ2) is 9.64. The number of likely N-dealkylation sites (tertiary alicyclic amines) is 1. The lowest BCUT2D eigenvalue weighted by atomic mass is 9.62. The molecule has 2 heterocycles. The first kappa shape index (κ1) is 25.2. The van der Waals surface area contributed by atoms with Crippen LogP contribution in [0.3, 0.4) is 0 Å². The number of benzene rings is 2. The number of amides is 1. The lowest BCUT2D eigenvalue weighted by molar-refractivity contribution is -0.275. The number of piperidine rings is 2. The van der Waals surface area contributed by atoms with Crippen molar-refractivity contribution in [2.24, 2.45) is 5.41 Å². The maximum Gasteiger partial charge on any atom is 0.573 e. The second-order valence-corrected chi connectivity index (χ2v) is 9.02. The van der Waals surface area contributed by atoms with Gasteiger partial charge in [0.05, 0.1) is 12.7 Å². The number of hydrogen-bond donors (Lipinski definition) is 1. The first-order valence-corrected chi connectivity index (χ1v) is 11.4. The molecule has 1 N–H and O–H groups in total. The summed E-state index contributed by atoms with van der Waals surface area (Å²) in [6.07, 6.45) is -3.34. The Morgan fingerprint density at radius 2 is 1.60 bits per heavy atom. The molecule has 0 saturated carbocycles. The first-order chi connectivity index (χ1) is 16.6. The van der Waals surface area contributed by atoms with E-state index >= 15 is 8.78 Å². The van der Waals surface area contributed by atoms with E-state index in [0.29, 0.717) is 19.4 Å². The molecule has 1 unspecified atom stereocenters. The van der Waals surface area contributed by atoms with Gasteiger partial charge in [-0.25, -0.2) is 0 Å². The Kier molecular flexibility index (Phi) is 6.95. The predicted octanol–water partition coefficient (Wildman–Crippen LogP) is 5.07. The van der Waals surface area contributed by atoms with Gasteiger partial charge in [0.25, 0.3) is 5.91 Å². The van der Waals surface area contributed by atoms with Crippen LogP contribution in [0.4, 0.5) is 22.0 Å². The van der Waals surface area contributed by atoms with Gasteiger partial charge in [0.15, 0.2) is 0 Å². The number of ether oxygens (including phenoxy) is 2. The highest BCUT2D eigenvalue weighted by molar-refractivity contribution is 5.85. The van der Waals surface area contributed by atoms with E-state index in [4.69, 9.17) is 4.74 Å². The lowest BCUT2D eigenvalue weighted by Gasteiger charge is -2.50. The van der Waals surface area contributed by atoms with Crippen LogP contribution in [-0.2, 0) is 10.7 Å². The number of carbonyl (C=O) groups excluding carboxylic acids is 1. The van der Waals surface area contributed by atoms with E-state index in [9.17, 15) is 18.0 Å². The molecule has 2 saturated heterocycles. The summed E-state index contributed by atoms with van der Waals surface area (Å²) in [7, 11) is 1.60. The van der Waals surface area contributed by atoms with E-state index < -0.39 is 29.5 Å². The van der Waals surface area contributed by atoms with Gasteiger partial charge in [-0.3, -0.25) is 4.79 Å².